The molecule has 12 nitrogen and oxygen atoms in total. The zero-order valence-corrected chi connectivity index (χ0v) is 12.2. The van der Waals surface area contributed by atoms with Gasteiger partial charge in [-0.15, -0.1) is 0 Å². The fourth-order valence-corrected chi connectivity index (χ4v) is 1.09. The van der Waals surface area contributed by atoms with Crippen LogP contribution in [0.3, 0.4) is 0 Å². The van der Waals surface area contributed by atoms with Gasteiger partial charge in [-0.25, -0.2) is 0 Å². The van der Waals surface area contributed by atoms with Gasteiger partial charge in [0.1, 0.15) is 13.5 Å². The van der Waals surface area contributed by atoms with E-state index in [1.807, 2.05) is 0 Å². The molecular weight excluding hydrogens is 360 g/mol. The molecule has 25 heavy (non-hydrogen) atoms. The van der Waals surface area contributed by atoms with E-state index in [9.17, 15) is 27.2 Å². The first-order valence-corrected chi connectivity index (χ1v) is 5.90. The molecule has 10 N–H and O–H groups in total. The standard InChI is InChI=1S/C6H8F4N2O4.C3H6N6/c7-5(8,3(11)15)6(9,10)4(16)12(1-13)2-14;4-1-7-2(5)9-3(6)8-1/h13-14H,1-2H2,(H2,11,15);(H6,4,5,6,7,8,9). The molecule has 16 heteroatoms. The normalized spacial score (nSPS) is 11.3. The Bertz CT molecular complexity index is 577. The van der Waals surface area contributed by atoms with E-state index in [0.717, 1.165) is 0 Å². The van der Waals surface area contributed by atoms with Crippen LogP contribution in [-0.4, -0.2) is 67.2 Å². The Morgan fingerprint density at radius 1 is 0.880 bits per heavy atom. The fourth-order valence-electron chi connectivity index (χ4n) is 1.09. The van der Waals surface area contributed by atoms with Crippen molar-refractivity contribution in [2.45, 2.75) is 11.8 Å². The predicted octanol–water partition coefficient (Wildman–Crippen LogP) is -2.91. The van der Waals surface area contributed by atoms with Crippen LogP contribution in [-0.2, 0) is 9.59 Å². The average Bonchev–Trinajstić information content (AvgIpc) is 2.47. The highest BCUT2D eigenvalue weighted by atomic mass is 19.3. The Morgan fingerprint density at radius 3 is 1.44 bits per heavy atom. The van der Waals surface area contributed by atoms with Crippen LogP contribution >= 0.6 is 0 Å². The summed E-state index contributed by atoms with van der Waals surface area (Å²) in [4.78, 5) is 30.9. The number of anilines is 3. The summed E-state index contributed by atoms with van der Waals surface area (Å²) in [6.45, 7) is -2.83. The van der Waals surface area contributed by atoms with Gasteiger partial charge in [0, 0.05) is 0 Å². The van der Waals surface area contributed by atoms with Crippen molar-refractivity contribution >= 4 is 29.7 Å². The second-order valence-corrected chi connectivity index (χ2v) is 4.05. The highest BCUT2D eigenvalue weighted by molar-refractivity contribution is 5.94. The summed E-state index contributed by atoms with van der Waals surface area (Å²) in [6.07, 6.45) is 0. The summed E-state index contributed by atoms with van der Waals surface area (Å²) < 4.78 is 50.8. The molecule has 0 aliphatic rings. The van der Waals surface area contributed by atoms with Gasteiger partial charge in [0.15, 0.2) is 0 Å². The van der Waals surface area contributed by atoms with Crippen LogP contribution in [0, 0.1) is 0 Å². The summed E-state index contributed by atoms with van der Waals surface area (Å²) in [5, 5.41) is 16.6. The first-order valence-electron chi connectivity index (χ1n) is 5.90. The summed E-state index contributed by atoms with van der Waals surface area (Å²) >= 11 is 0. The molecule has 1 rings (SSSR count). The molecule has 0 spiro atoms. The lowest BCUT2D eigenvalue weighted by Gasteiger charge is -2.27. The number of rotatable bonds is 5. The van der Waals surface area contributed by atoms with Gasteiger partial charge in [-0.3, -0.25) is 14.5 Å². The number of nitrogens with two attached hydrogens (primary N) is 4. The Morgan fingerprint density at radius 2 is 1.20 bits per heavy atom. The van der Waals surface area contributed by atoms with E-state index in [2.05, 4.69) is 20.7 Å². The SMILES string of the molecule is NC(=O)C(F)(F)C(F)(F)C(=O)N(CO)CO.Nc1nc(N)nc(N)n1. The third kappa shape index (κ3) is 5.24. The van der Waals surface area contributed by atoms with E-state index in [0.29, 0.717) is 0 Å². The highest BCUT2D eigenvalue weighted by Crippen LogP contribution is 2.35. The largest absolute Gasteiger partial charge is 0.395 e. The quantitative estimate of drug-likeness (QED) is 0.228. The van der Waals surface area contributed by atoms with Crippen molar-refractivity contribution in [3.05, 3.63) is 0 Å². The number of alkyl halides is 4. The molecule has 0 unspecified atom stereocenters. The maximum absolute atomic E-state index is 12.8. The number of halogens is 4. The van der Waals surface area contributed by atoms with Crippen molar-refractivity contribution in [3.63, 3.8) is 0 Å². The number of aliphatic hydroxyl groups excluding tert-OH is 2. The maximum Gasteiger partial charge on any atom is 0.395 e. The van der Waals surface area contributed by atoms with Gasteiger partial charge in [0.2, 0.25) is 17.8 Å². The van der Waals surface area contributed by atoms with Crippen LogP contribution in [0.1, 0.15) is 0 Å². The number of hydrogen-bond donors (Lipinski definition) is 6. The number of hydrogen-bond acceptors (Lipinski definition) is 10. The number of aromatic nitrogens is 3. The monoisotopic (exact) mass is 374 g/mol. The zero-order chi connectivity index (χ0) is 20.0. The molecule has 1 aromatic rings. The average molecular weight is 374 g/mol. The molecule has 142 valence electrons. The molecule has 1 heterocycles. The van der Waals surface area contributed by atoms with Gasteiger partial charge in [0.05, 0.1) is 0 Å². The predicted molar refractivity (Wildman–Crippen MR) is 73.2 cm³/mol. The molecule has 2 amide bonds. The molecule has 0 fully saturated rings. The molecule has 0 radical (unpaired) electrons. The van der Waals surface area contributed by atoms with Crippen LogP contribution in [0.2, 0.25) is 0 Å². The van der Waals surface area contributed by atoms with Gasteiger partial charge in [0.25, 0.3) is 5.91 Å². The summed E-state index contributed by atoms with van der Waals surface area (Å²) in [7, 11) is 0. The zero-order valence-electron chi connectivity index (χ0n) is 12.2. The van der Waals surface area contributed by atoms with Crippen molar-refractivity contribution in [3.8, 4) is 0 Å². The Kier molecular flexibility index (Phi) is 7.21. The number of carbonyl (C=O) groups is 2. The lowest BCUT2D eigenvalue weighted by Crippen LogP contribution is -2.59. The molecule has 0 saturated heterocycles. The molecule has 0 bridgehead atoms. The van der Waals surface area contributed by atoms with Crippen LogP contribution in [0.5, 0.6) is 0 Å². The molecule has 1 aromatic heterocycles. The van der Waals surface area contributed by atoms with Crippen molar-refractivity contribution in [2.24, 2.45) is 5.73 Å². The molecular formula is C9H14F4N8O4. The van der Waals surface area contributed by atoms with Gasteiger partial charge in [-0.05, 0) is 0 Å². The van der Waals surface area contributed by atoms with E-state index < -0.39 is 42.0 Å². The number of amides is 2. The van der Waals surface area contributed by atoms with E-state index in [-0.39, 0.29) is 17.8 Å². The van der Waals surface area contributed by atoms with Crippen LogP contribution < -0.4 is 22.9 Å². The van der Waals surface area contributed by atoms with E-state index in [1.54, 1.807) is 0 Å². The first kappa shape index (κ1) is 22.0. The van der Waals surface area contributed by atoms with Crippen LogP contribution in [0.4, 0.5) is 35.4 Å². The number of aliphatic hydroxyl groups is 2. The molecule has 0 aliphatic heterocycles. The van der Waals surface area contributed by atoms with Gasteiger partial charge >= 0.3 is 17.8 Å². The maximum atomic E-state index is 12.8. The number of nitrogen functional groups attached to an aromatic ring is 3. The van der Waals surface area contributed by atoms with Crippen molar-refractivity contribution in [1.82, 2.24) is 19.9 Å². The van der Waals surface area contributed by atoms with Gasteiger partial charge < -0.3 is 33.1 Å². The van der Waals surface area contributed by atoms with Crippen molar-refractivity contribution < 1.29 is 37.4 Å². The minimum atomic E-state index is -5.44. The third-order valence-corrected chi connectivity index (χ3v) is 2.29. The number of nitrogens with zero attached hydrogens (tertiary/aromatic N) is 4. The second kappa shape index (κ2) is 8.20. The van der Waals surface area contributed by atoms with E-state index in [1.165, 1.54) is 0 Å². The van der Waals surface area contributed by atoms with Gasteiger partial charge in [-0.1, -0.05) is 0 Å². The van der Waals surface area contributed by atoms with Crippen molar-refractivity contribution in [2.75, 3.05) is 30.7 Å². The summed E-state index contributed by atoms with van der Waals surface area (Å²) in [5.41, 5.74) is 19.4. The third-order valence-electron chi connectivity index (χ3n) is 2.29. The smallest absolute Gasteiger partial charge is 0.376 e. The number of primary amides is 1. The summed E-state index contributed by atoms with van der Waals surface area (Å²) in [6, 6.07) is 0. The molecule has 0 aliphatic carbocycles. The van der Waals surface area contributed by atoms with Crippen molar-refractivity contribution in [1.29, 1.82) is 0 Å². The Hall–Kier alpha value is -3.01. The second-order valence-electron chi connectivity index (χ2n) is 4.05. The first-order chi connectivity index (χ1) is 11.3. The fraction of sp³-hybridized carbons (Fsp3) is 0.444. The molecule has 0 aromatic carbocycles. The lowest BCUT2D eigenvalue weighted by atomic mass is 10.1. The van der Waals surface area contributed by atoms with E-state index in [4.69, 9.17) is 27.4 Å². The van der Waals surface area contributed by atoms with Gasteiger partial charge in [-0.2, -0.15) is 32.5 Å². The Labute approximate surface area is 136 Å². The highest BCUT2D eigenvalue weighted by Gasteiger charge is 2.67. The van der Waals surface area contributed by atoms with E-state index >= 15 is 0 Å². The Balaban J connectivity index is 0.000000535. The number of carbonyl (C=O) groups excluding carboxylic acids is 2. The topological polar surface area (TPSA) is 221 Å². The van der Waals surface area contributed by atoms with Crippen LogP contribution in [0.25, 0.3) is 0 Å². The van der Waals surface area contributed by atoms with Crippen LogP contribution in [0.15, 0.2) is 0 Å². The summed E-state index contributed by atoms with van der Waals surface area (Å²) in [5.74, 6) is -16.0. The minimum absolute atomic E-state index is 0.0417. The minimum Gasteiger partial charge on any atom is -0.376 e. The molecule has 0 saturated carbocycles. The molecule has 0 atom stereocenters. The lowest BCUT2D eigenvalue weighted by molar-refractivity contribution is -0.220.